The van der Waals surface area contributed by atoms with Crippen LogP contribution in [0.25, 0.3) is 0 Å². The van der Waals surface area contributed by atoms with Crippen molar-refractivity contribution in [3.8, 4) is 0 Å². The van der Waals surface area contributed by atoms with E-state index in [4.69, 9.17) is 11.6 Å². The van der Waals surface area contributed by atoms with E-state index in [2.05, 4.69) is 5.32 Å². The molecule has 1 unspecified atom stereocenters. The number of amides is 2. The summed E-state index contributed by atoms with van der Waals surface area (Å²) >= 11 is 9.26. The molecule has 1 fully saturated rings. The zero-order chi connectivity index (χ0) is 20.1. The Morgan fingerprint density at radius 2 is 1.82 bits per heavy atom. The molecule has 0 spiro atoms. The van der Waals surface area contributed by atoms with Gasteiger partial charge in [0.15, 0.2) is 0 Å². The number of anilines is 1. The quantitative estimate of drug-likeness (QED) is 0.676. The lowest BCUT2D eigenvalue weighted by Gasteiger charge is -2.26. The van der Waals surface area contributed by atoms with Crippen molar-refractivity contribution >= 4 is 52.6 Å². The number of rotatable bonds is 5. The second-order valence-corrected chi connectivity index (χ2v) is 9.71. The van der Waals surface area contributed by atoms with Crippen LogP contribution in [0.4, 0.5) is 5.69 Å². The number of carbonyl (C=O) groups is 2. The SMILES string of the molecule is Cc1cc(C(=O)N2CCSCC2)ccc1NC(=O)C(C)Sc1ccc(Cl)cc1. The molecule has 28 heavy (non-hydrogen) atoms. The number of carbonyl (C=O) groups excluding carboxylic acids is 2. The van der Waals surface area contributed by atoms with E-state index >= 15 is 0 Å². The van der Waals surface area contributed by atoms with Gasteiger partial charge in [-0.2, -0.15) is 11.8 Å². The first-order chi connectivity index (χ1) is 13.4. The van der Waals surface area contributed by atoms with Crippen molar-refractivity contribution in [3.63, 3.8) is 0 Å². The lowest BCUT2D eigenvalue weighted by atomic mass is 10.1. The fourth-order valence-corrected chi connectivity index (χ4v) is 4.79. The molecule has 3 rings (SSSR count). The minimum absolute atomic E-state index is 0.0629. The predicted molar refractivity (Wildman–Crippen MR) is 120 cm³/mol. The minimum Gasteiger partial charge on any atom is -0.337 e. The van der Waals surface area contributed by atoms with E-state index in [0.29, 0.717) is 10.6 Å². The molecule has 1 N–H and O–H groups in total. The Kier molecular flexibility index (Phi) is 7.32. The normalized spacial score (nSPS) is 15.2. The molecule has 0 radical (unpaired) electrons. The monoisotopic (exact) mass is 434 g/mol. The van der Waals surface area contributed by atoms with E-state index in [9.17, 15) is 9.59 Å². The molecule has 7 heteroatoms. The summed E-state index contributed by atoms with van der Waals surface area (Å²) in [7, 11) is 0. The van der Waals surface area contributed by atoms with Crippen molar-refractivity contribution in [1.82, 2.24) is 4.90 Å². The number of nitrogens with zero attached hydrogens (tertiary/aromatic N) is 1. The summed E-state index contributed by atoms with van der Waals surface area (Å²) < 4.78 is 0. The van der Waals surface area contributed by atoms with Crippen LogP contribution >= 0.6 is 35.1 Å². The average Bonchev–Trinajstić information content (AvgIpc) is 2.71. The number of thioether (sulfide) groups is 2. The van der Waals surface area contributed by atoms with Crippen molar-refractivity contribution in [2.24, 2.45) is 0 Å². The Hall–Kier alpha value is -1.63. The van der Waals surface area contributed by atoms with E-state index in [1.807, 2.05) is 66.9 Å². The van der Waals surface area contributed by atoms with Gasteiger partial charge < -0.3 is 10.2 Å². The Balaban J connectivity index is 1.62. The van der Waals surface area contributed by atoms with Gasteiger partial charge in [0, 0.05) is 45.8 Å². The van der Waals surface area contributed by atoms with Gasteiger partial charge in [-0.15, -0.1) is 11.8 Å². The highest BCUT2D eigenvalue weighted by molar-refractivity contribution is 8.00. The van der Waals surface area contributed by atoms with Gasteiger partial charge in [-0.05, 0) is 61.9 Å². The van der Waals surface area contributed by atoms with Crippen LogP contribution in [0.5, 0.6) is 0 Å². The minimum atomic E-state index is -0.257. The summed E-state index contributed by atoms with van der Waals surface area (Å²) in [4.78, 5) is 28.1. The lowest BCUT2D eigenvalue weighted by molar-refractivity contribution is -0.115. The topological polar surface area (TPSA) is 49.4 Å². The molecule has 2 amide bonds. The fraction of sp³-hybridized carbons (Fsp3) is 0.333. The summed E-state index contributed by atoms with van der Waals surface area (Å²) in [6, 6.07) is 12.9. The first kappa shape index (κ1) is 21.1. The van der Waals surface area contributed by atoms with E-state index < -0.39 is 0 Å². The fourth-order valence-electron chi connectivity index (χ4n) is 2.89. The third kappa shape index (κ3) is 5.46. The summed E-state index contributed by atoms with van der Waals surface area (Å²) in [6.07, 6.45) is 0. The summed E-state index contributed by atoms with van der Waals surface area (Å²) in [5.74, 6) is 1.97. The molecule has 0 aliphatic carbocycles. The molecule has 0 aromatic heterocycles. The Bertz CT molecular complexity index is 852. The van der Waals surface area contributed by atoms with E-state index in [1.54, 1.807) is 6.07 Å². The highest BCUT2D eigenvalue weighted by Gasteiger charge is 2.20. The first-order valence-electron chi connectivity index (χ1n) is 9.15. The average molecular weight is 435 g/mol. The lowest BCUT2D eigenvalue weighted by Crippen LogP contribution is -2.37. The van der Waals surface area contributed by atoms with E-state index in [1.165, 1.54) is 11.8 Å². The van der Waals surface area contributed by atoms with Crippen LogP contribution in [-0.4, -0.2) is 46.6 Å². The maximum absolute atomic E-state index is 12.6. The Labute approximate surface area is 179 Å². The number of halogens is 1. The summed E-state index contributed by atoms with van der Waals surface area (Å²) in [5, 5.41) is 3.39. The molecule has 1 atom stereocenters. The van der Waals surface area contributed by atoms with Crippen LogP contribution in [0.3, 0.4) is 0 Å². The first-order valence-corrected chi connectivity index (χ1v) is 11.6. The van der Waals surface area contributed by atoms with Crippen molar-refractivity contribution in [1.29, 1.82) is 0 Å². The van der Waals surface area contributed by atoms with Crippen LogP contribution in [0, 0.1) is 6.92 Å². The van der Waals surface area contributed by atoms with Crippen molar-refractivity contribution in [2.45, 2.75) is 24.0 Å². The Morgan fingerprint density at radius 3 is 2.46 bits per heavy atom. The molecule has 1 aliphatic heterocycles. The van der Waals surface area contributed by atoms with Crippen LogP contribution in [0.1, 0.15) is 22.8 Å². The number of benzene rings is 2. The number of aryl methyl sites for hydroxylation is 1. The van der Waals surface area contributed by atoms with Crippen molar-refractivity contribution in [2.75, 3.05) is 29.9 Å². The largest absolute Gasteiger partial charge is 0.337 e. The van der Waals surface area contributed by atoms with Crippen LogP contribution in [0.15, 0.2) is 47.4 Å². The zero-order valence-electron chi connectivity index (χ0n) is 15.9. The summed E-state index contributed by atoms with van der Waals surface area (Å²) in [6.45, 7) is 5.37. The second-order valence-electron chi connectivity index (χ2n) is 6.64. The van der Waals surface area contributed by atoms with Gasteiger partial charge in [0.1, 0.15) is 0 Å². The number of hydrogen-bond acceptors (Lipinski definition) is 4. The van der Waals surface area contributed by atoms with E-state index in [-0.39, 0.29) is 17.1 Å². The van der Waals surface area contributed by atoms with Crippen LogP contribution in [-0.2, 0) is 4.79 Å². The molecule has 148 valence electrons. The van der Waals surface area contributed by atoms with Crippen molar-refractivity contribution in [3.05, 3.63) is 58.6 Å². The van der Waals surface area contributed by atoms with Gasteiger partial charge in [-0.25, -0.2) is 0 Å². The number of hydrogen-bond donors (Lipinski definition) is 1. The molecule has 0 saturated carbocycles. The molecule has 0 bridgehead atoms. The smallest absolute Gasteiger partial charge is 0.253 e. The van der Waals surface area contributed by atoms with Gasteiger partial charge in [-0.3, -0.25) is 9.59 Å². The molecule has 2 aromatic rings. The molecular weight excluding hydrogens is 412 g/mol. The van der Waals surface area contributed by atoms with Gasteiger partial charge in [0.05, 0.1) is 5.25 Å². The van der Waals surface area contributed by atoms with Gasteiger partial charge in [-0.1, -0.05) is 11.6 Å². The highest BCUT2D eigenvalue weighted by atomic mass is 35.5. The molecule has 4 nitrogen and oxygen atoms in total. The predicted octanol–water partition coefficient (Wildman–Crippen LogP) is 4.96. The Morgan fingerprint density at radius 1 is 1.14 bits per heavy atom. The third-order valence-corrected chi connectivity index (χ3v) is 6.83. The molecule has 2 aromatic carbocycles. The van der Waals surface area contributed by atoms with E-state index in [0.717, 1.165) is 40.7 Å². The van der Waals surface area contributed by atoms with Crippen LogP contribution in [0.2, 0.25) is 5.02 Å². The third-order valence-electron chi connectivity index (χ3n) is 4.53. The van der Waals surface area contributed by atoms with Gasteiger partial charge in [0.2, 0.25) is 5.91 Å². The summed E-state index contributed by atoms with van der Waals surface area (Å²) in [5.41, 5.74) is 2.29. The maximum atomic E-state index is 12.6. The molecule has 1 heterocycles. The molecule has 1 saturated heterocycles. The number of nitrogens with one attached hydrogen (secondary N) is 1. The second kappa shape index (κ2) is 9.72. The zero-order valence-corrected chi connectivity index (χ0v) is 18.3. The highest BCUT2D eigenvalue weighted by Crippen LogP contribution is 2.26. The van der Waals surface area contributed by atoms with Gasteiger partial charge >= 0.3 is 0 Å². The van der Waals surface area contributed by atoms with Crippen LogP contribution < -0.4 is 5.32 Å². The standard InChI is InChI=1S/C21H23ClN2O2S2/c1-14-13-16(21(26)24-9-11-27-12-10-24)3-8-19(14)23-20(25)15(2)28-18-6-4-17(22)5-7-18/h3-8,13,15H,9-12H2,1-2H3,(H,23,25). The maximum Gasteiger partial charge on any atom is 0.253 e. The van der Waals surface area contributed by atoms with Crippen molar-refractivity contribution < 1.29 is 9.59 Å². The van der Waals surface area contributed by atoms with Gasteiger partial charge in [0.25, 0.3) is 5.91 Å². The molecular formula is C21H23ClN2O2S2. The molecule has 1 aliphatic rings.